The quantitative estimate of drug-likeness (QED) is 0.806. The molecule has 0 amide bonds. The van der Waals surface area contributed by atoms with E-state index in [0.717, 1.165) is 45.3 Å². The molecular formula is C22H29NO2S. The number of aliphatic hydroxyl groups excluding tert-OH is 1. The minimum atomic E-state index is -0.370. The van der Waals surface area contributed by atoms with Crippen molar-refractivity contribution in [3.8, 4) is 0 Å². The number of hydrogen-bond acceptors (Lipinski definition) is 4. The summed E-state index contributed by atoms with van der Waals surface area (Å²) in [5, 5.41) is 13.8. The van der Waals surface area contributed by atoms with E-state index in [1.165, 1.54) is 28.7 Å². The molecule has 2 aromatic rings. The van der Waals surface area contributed by atoms with Gasteiger partial charge in [0.1, 0.15) is 0 Å². The summed E-state index contributed by atoms with van der Waals surface area (Å²) in [4.78, 5) is 0. The van der Waals surface area contributed by atoms with Crippen LogP contribution in [-0.4, -0.2) is 23.9 Å². The average molecular weight is 372 g/mol. The van der Waals surface area contributed by atoms with Crippen LogP contribution in [0.1, 0.15) is 53.9 Å². The number of aryl methyl sites for hydroxylation is 1. The summed E-state index contributed by atoms with van der Waals surface area (Å²) < 4.78 is 5.94. The Morgan fingerprint density at radius 1 is 1.23 bits per heavy atom. The Kier molecular flexibility index (Phi) is 5.46. The first-order valence-corrected chi connectivity index (χ1v) is 10.7. The number of rotatable bonds is 6. The number of thiophene rings is 1. The maximum absolute atomic E-state index is 9.51. The van der Waals surface area contributed by atoms with Gasteiger partial charge in [-0.2, -0.15) is 11.3 Å². The molecule has 26 heavy (non-hydrogen) atoms. The molecule has 2 aliphatic carbocycles. The molecule has 4 rings (SSSR count). The number of hydrogen-bond donors (Lipinski definition) is 2. The van der Waals surface area contributed by atoms with Gasteiger partial charge in [-0.05, 0) is 89.4 Å². The molecule has 0 spiro atoms. The van der Waals surface area contributed by atoms with Crippen molar-refractivity contribution >= 4 is 11.3 Å². The van der Waals surface area contributed by atoms with E-state index in [0.29, 0.717) is 11.8 Å². The van der Waals surface area contributed by atoms with Crippen molar-refractivity contribution in [3.05, 3.63) is 57.3 Å². The van der Waals surface area contributed by atoms with Crippen LogP contribution in [0.25, 0.3) is 0 Å². The van der Waals surface area contributed by atoms with Gasteiger partial charge in [-0.3, -0.25) is 0 Å². The average Bonchev–Trinajstić information content (AvgIpc) is 3.32. The molecule has 0 saturated heterocycles. The zero-order valence-corrected chi connectivity index (χ0v) is 16.1. The van der Waals surface area contributed by atoms with E-state index in [-0.39, 0.29) is 12.1 Å². The molecule has 2 aliphatic rings. The number of benzene rings is 1. The summed E-state index contributed by atoms with van der Waals surface area (Å²) in [5.74, 6) is 1.13. The van der Waals surface area contributed by atoms with Gasteiger partial charge in [-0.1, -0.05) is 18.2 Å². The van der Waals surface area contributed by atoms with Crippen LogP contribution in [0.3, 0.4) is 0 Å². The number of nitrogens with two attached hydrogens (primary N) is 1. The largest absolute Gasteiger partial charge is 0.394 e. The fraction of sp³-hybridized carbons (Fsp3) is 0.545. The molecule has 1 heterocycles. The van der Waals surface area contributed by atoms with E-state index in [1.807, 2.05) is 0 Å². The van der Waals surface area contributed by atoms with Crippen LogP contribution in [-0.2, 0) is 24.2 Å². The van der Waals surface area contributed by atoms with Crippen LogP contribution in [0.4, 0.5) is 0 Å². The first-order chi connectivity index (χ1) is 12.6. The van der Waals surface area contributed by atoms with Crippen LogP contribution in [0.5, 0.6) is 0 Å². The first kappa shape index (κ1) is 18.2. The second kappa shape index (κ2) is 7.81. The van der Waals surface area contributed by atoms with E-state index in [9.17, 15) is 5.11 Å². The predicted octanol–water partition coefficient (Wildman–Crippen LogP) is 4.03. The highest BCUT2D eigenvalue weighted by Gasteiger charge is 2.36. The third kappa shape index (κ3) is 4.04. The molecule has 3 atom stereocenters. The monoisotopic (exact) mass is 371 g/mol. The summed E-state index contributed by atoms with van der Waals surface area (Å²) >= 11 is 1.73. The smallest absolute Gasteiger partial charge is 0.0725 e. The van der Waals surface area contributed by atoms with Gasteiger partial charge < -0.3 is 15.6 Å². The van der Waals surface area contributed by atoms with E-state index in [4.69, 9.17) is 10.5 Å². The fourth-order valence-corrected chi connectivity index (χ4v) is 5.20. The van der Waals surface area contributed by atoms with E-state index in [1.54, 1.807) is 11.3 Å². The molecule has 0 bridgehead atoms. The van der Waals surface area contributed by atoms with Crippen molar-refractivity contribution in [2.75, 3.05) is 13.2 Å². The minimum absolute atomic E-state index is 0.0987. The number of fused-ring (bicyclic) bond motifs is 1. The van der Waals surface area contributed by atoms with Gasteiger partial charge >= 0.3 is 0 Å². The molecule has 3 nitrogen and oxygen atoms in total. The molecule has 0 unspecified atom stereocenters. The van der Waals surface area contributed by atoms with Crippen molar-refractivity contribution in [1.82, 2.24) is 0 Å². The lowest BCUT2D eigenvalue weighted by Crippen LogP contribution is -2.40. The van der Waals surface area contributed by atoms with Crippen LogP contribution in [0.2, 0.25) is 0 Å². The predicted molar refractivity (Wildman–Crippen MR) is 107 cm³/mol. The Morgan fingerprint density at radius 3 is 2.92 bits per heavy atom. The third-order valence-electron chi connectivity index (χ3n) is 6.19. The Balaban J connectivity index is 1.34. The fourth-order valence-electron chi connectivity index (χ4n) is 4.55. The Morgan fingerprint density at radius 2 is 2.15 bits per heavy atom. The summed E-state index contributed by atoms with van der Waals surface area (Å²) in [5.41, 5.74) is 11.6. The van der Waals surface area contributed by atoms with Crippen LogP contribution in [0, 0.1) is 5.92 Å². The van der Waals surface area contributed by atoms with Gasteiger partial charge in [0.25, 0.3) is 0 Å². The zero-order chi connectivity index (χ0) is 18.0. The highest BCUT2D eigenvalue weighted by Crippen LogP contribution is 2.40. The second-order valence-electron chi connectivity index (χ2n) is 8.24. The molecule has 1 fully saturated rings. The maximum atomic E-state index is 9.51. The standard InChI is InChI=1S/C22H29NO2S/c23-22(15-24)7-5-21(11-22)20-4-3-18-9-16(1-2-19(18)10-20)12-25-13-17-6-8-26-14-17/h3-4,6,8,10,14,16,21,24H,1-2,5,7,9,11-13,15,23H2/t16-,21+,22-/m1/s1. The van der Waals surface area contributed by atoms with Gasteiger partial charge in [0.2, 0.25) is 0 Å². The molecule has 4 heteroatoms. The van der Waals surface area contributed by atoms with Gasteiger partial charge in [0.15, 0.2) is 0 Å². The highest BCUT2D eigenvalue weighted by molar-refractivity contribution is 7.07. The zero-order valence-electron chi connectivity index (χ0n) is 15.3. The molecule has 3 N–H and O–H groups in total. The van der Waals surface area contributed by atoms with Crippen molar-refractivity contribution in [1.29, 1.82) is 0 Å². The SMILES string of the molecule is N[C@]1(CO)CC[C@H](c2ccc3c(c2)CC[C@@H](COCc2ccsc2)C3)C1. The summed E-state index contributed by atoms with van der Waals surface area (Å²) in [7, 11) is 0. The lowest BCUT2D eigenvalue weighted by Gasteiger charge is -2.26. The molecular weight excluding hydrogens is 342 g/mol. The topological polar surface area (TPSA) is 55.5 Å². The Labute approximate surface area is 160 Å². The summed E-state index contributed by atoms with van der Waals surface area (Å²) in [6, 6.07) is 9.16. The van der Waals surface area contributed by atoms with E-state index < -0.39 is 0 Å². The van der Waals surface area contributed by atoms with Crippen molar-refractivity contribution in [2.45, 2.75) is 56.6 Å². The van der Waals surface area contributed by atoms with Crippen molar-refractivity contribution in [2.24, 2.45) is 11.7 Å². The van der Waals surface area contributed by atoms with Gasteiger partial charge in [0, 0.05) is 5.54 Å². The van der Waals surface area contributed by atoms with Crippen LogP contribution >= 0.6 is 11.3 Å². The lowest BCUT2D eigenvalue weighted by atomic mass is 9.82. The van der Waals surface area contributed by atoms with E-state index >= 15 is 0 Å². The Bertz CT molecular complexity index is 730. The molecule has 1 aromatic heterocycles. The van der Waals surface area contributed by atoms with Crippen LogP contribution < -0.4 is 5.73 Å². The first-order valence-electron chi connectivity index (χ1n) is 9.75. The second-order valence-corrected chi connectivity index (χ2v) is 9.02. The van der Waals surface area contributed by atoms with Gasteiger partial charge in [0.05, 0.1) is 19.8 Å². The lowest BCUT2D eigenvalue weighted by molar-refractivity contribution is 0.0825. The Hall–Kier alpha value is -1.20. The van der Waals surface area contributed by atoms with Crippen molar-refractivity contribution < 1.29 is 9.84 Å². The summed E-state index contributed by atoms with van der Waals surface area (Å²) in [6.07, 6.45) is 6.41. The molecule has 1 saturated carbocycles. The van der Waals surface area contributed by atoms with Gasteiger partial charge in [-0.15, -0.1) is 0 Å². The van der Waals surface area contributed by atoms with E-state index in [2.05, 4.69) is 35.0 Å². The molecule has 140 valence electrons. The number of ether oxygens (including phenoxy) is 1. The highest BCUT2D eigenvalue weighted by atomic mass is 32.1. The van der Waals surface area contributed by atoms with Crippen molar-refractivity contribution in [3.63, 3.8) is 0 Å². The van der Waals surface area contributed by atoms with Gasteiger partial charge in [-0.25, -0.2) is 0 Å². The molecule has 1 aromatic carbocycles. The van der Waals surface area contributed by atoms with Crippen LogP contribution in [0.15, 0.2) is 35.0 Å². The third-order valence-corrected chi connectivity index (χ3v) is 6.93. The maximum Gasteiger partial charge on any atom is 0.0725 e. The minimum Gasteiger partial charge on any atom is -0.394 e. The molecule has 0 aliphatic heterocycles. The molecule has 0 radical (unpaired) electrons. The summed E-state index contributed by atoms with van der Waals surface area (Å²) in [6.45, 7) is 1.69. The normalized spacial score (nSPS) is 28.2. The number of aliphatic hydroxyl groups is 1.